The monoisotopic (exact) mass is 221 g/mol. The molecule has 88 valence electrons. The predicted octanol–water partition coefficient (Wildman–Crippen LogP) is 1.06. The van der Waals surface area contributed by atoms with Crippen LogP contribution < -0.4 is 11.2 Å². The van der Waals surface area contributed by atoms with Gasteiger partial charge in [0.1, 0.15) is 0 Å². The van der Waals surface area contributed by atoms with Crippen molar-refractivity contribution in [3.05, 3.63) is 11.9 Å². The topological polar surface area (TPSA) is 58.4 Å². The molecule has 0 atom stereocenters. The third-order valence-electron chi connectivity index (χ3n) is 2.88. The van der Waals surface area contributed by atoms with E-state index in [1.54, 1.807) is 11.2 Å². The van der Waals surface area contributed by atoms with E-state index in [1.807, 2.05) is 6.92 Å². The number of carbonyl (C=O) groups excluding carboxylic acids is 1. The zero-order valence-corrected chi connectivity index (χ0v) is 10.1. The number of carbonyl (C=O) groups is 1. The lowest BCUT2D eigenvalue weighted by Gasteiger charge is -2.32. The van der Waals surface area contributed by atoms with Crippen LogP contribution in [0.5, 0.6) is 0 Å². The SMILES string of the molecule is [B]C1CCC(N(N)/C=C(\C)NC(C)=O)CC1. The Balaban J connectivity index is 2.44. The van der Waals surface area contributed by atoms with Gasteiger partial charge < -0.3 is 10.3 Å². The highest BCUT2D eigenvalue weighted by molar-refractivity contribution is 6.11. The van der Waals surface area contributed by atoms with Crippen LogP contribution in [0.3, 0.4) is 0 Å². The molecule has 1 rings (SSSR count). The Bertz CT molecular complexity index is 272. The molecule has 1 aliphatic rings. The molecule has 5 heteroatoms. The van der Waals surface area contributed by atoms with E-state index >= 15 is 0 Å². The van der Waals surface area contributed by atoms with E-state index in [0.29, 0.717) is 11.9 Å². The maximum absolute atomic E-state index is 10.8. The highest BCUT2D eigenvalue weighted by Gasteiger charge is 2.20. The van der Waals surface area contributed by atoms with E-state index in [4.69, 9.17) is 13.7 Å². The number of hydrazine groups is 1. The molecule has 1 aliphatic carbocycles. The molecule has 16 heavy (non-hydrogen) atoms. The van der Waals surface area contributed by atoms with Crippen molar-refractivity contribution in [1.29, 1.82) is 0 Å². The zero-order chi connectivity index (χ0) is 12.1. The van der Waals surface area contributed by atoms with Gasteiger partial charge in [-0.1, -0.05) is 18.7 Å². The fraction of sp³-hybridized carbons (Fsp3) is 0.727. The maximum atomic E-state index is 10.8. The average molecular weight is 221 g/mol. The molecule has 1 amide bonds. The molecule has 2 radical (unpaired) electrons. The maximum Gasteiger partial charge on any atom is 0.221 e. The van der Waals surface area contributed by atoms with Crippen molar-refractivity contribution in [2.24, 2.45) is 5.84 Å². The molecule has 0 heterocycles. The number of hydrogen-bond acceptors (Lipinski definition) is 3. The minimum Gasteiger partial charge on any atom is -0.329 e. The largest absolute Gasteiger partial charge is 0.329 e. The van der Waals surface area contributed by atoms with Gasteiger partial charge in [-0.2, -0.15) is 0 Å². The van der Waals surface area contributed by atoms with Gasteiger partial charge in [0.2, 0.25) is 5.91 Å². The molecule has 0 aromatic rings. The van der Waals surface area contributed by atoms with Gasteiger partial charge >= 0.3 is 0 Å². The lowest BCUT2D eigenvalue weighted by atomic mass is 9.74. The van der Waals surface area contributed by atoms with Crippen molar-refractivity contribution in [2.75, 3.05) is 0 Å². The Morgan fingerprint density at radius 2 is 1.94 bits per heavy atom. The summed E-state index contributed by atoms with van der Waals surface area (Å²) in [7, 11) is 5.83. The molecule has 0 bridgehead atoms. The van der Waals surface area contributed by atoms with Gasteiger partial charge in [0.15, 0.2) is 0 Å². The van der Waals surface area contributed by atoms with Crippen molar-refractivity contribution in [3.63, 3.8) is 0 Å². The van der Waals surface area contributed by atoms with Gasteiger partial charge in [0.25, 0.3) is 0 Å². The average Bonchev–Trinajstić information content (AvgIpc) is 2.16. The Morgan fingerprint density at radius 1 is 1.38 bits per heavy atom. The summed E-state index contributed by atoms with van der Waals surface area (Å²) in [5.74, 6) is 6.18. The first-order chi connectivity index (χ1) is 7.49. The van der Waals surface area contributed by atoms with Crippen LogP contribution in [0.1, 0.15) is 39.5 Å². The van der Waals surface area contributed by atoms with Crippen molar-refractivity contribution >= 4 is 13.8 Å². The first-order valence-corrected chi connectivity index (χ1v) is 5.73. The number of hydrogen-bond donors (Lipinski definition) is 2. The van der Waals surface area contributed by atoms with Crippen LogP contribution in [-0.2, 0) is 4.79 Å². The van der Waals surface area contributed by atoms with E-state index in [0.717, 1.165) is 31.4 Å². The van der Waals surface area contributed by atoms with Crippen LogP contribution in [0, 0.1) is 0 Å². The third-order valence-corrected chi connectivity index (χ3v) is 2.88. The van der Waals surface area contributed by atoms with Crippen molar-refractivity contribution in [3.8, 4) is 0 Å². The van der Waals surface area contributed by atoms with Crippen LogP contribution in [0.2, 0.25) is 5.82 Å². The highest BCUT2D eigenvalue weighted by atomic mass is 16.1. The lowest BCUT2D eigenvalue weighted by molar-refractivity contribution is -0.118. The second-order valence-corrected chi connectivity index (χ2v) is 4.51. The fourth-order valence-corrected chi connectivity index (χ4v) is 2.04. The highest BCUT2D eigenvalue weighted by Crippen LogP contribution is 2.28. The Hall–Kier alpha value is -0.965. The van der Waals surface area contributed by atoms with Gasteiger partial charge in [0, 0.05) is 24.9 Å². The molecule has 0 aliphatic heterocycles. The van der Waals surface area contributed by atoms with Crippen molar-refractivity contribution < 1.29 is 4.79 Å². The Labute approximate surface area is 98.6 Å². The minimum atomic E-state index is -0.0761. The normalized spacial score (nSPS) is 26.3. The fourth-order valence-electron chi connectivity index (χ4n) is 2.04. The first-order valence-electron chi connectivity index (χ1n) is 5.73. The number of nitrogens with one attached hydrogen (secondary N) is 1. The van der Waals surface area contributed by atoms with E-state index in [2.05, 4.69) is 5.32 Å². The Morgan fingerprint density at radius 3 is 2.44 bits per heavy atom. The van der Waals surface area contributed by atoms with E-state index in [9.17, 15) is 4.79 Å². The molecule has 0 saturated heterocycles. The van der Waals surface area contributed by atoms with Crippen LogP contribution >= 0.6 is 0 Å². The van der Waals surface area contributed by atoms with Crippen LogP contribution in [0.4, 0.5) is 0 Å². The van der Waals surface area contributed by atoms with Gasteiger partial charge in [-0.15, -0.1) is 0 Å². The number of amides is 1. The molecule has 0 aromatic heterocycles. The predicted molar refractivity (Wildman–Crippen MR) is 65.4 cm³/mol. The second kappa shape index (κ2) is 5.94. The van der Waals surface area contributed by atoms with Gasteiger partial charge in [0.05, 0.1) is 7.85 Å². The van der Waals surface area contributed by atoms with Crippen LogP contribution in [0.15, 0.2) is 11.9 Å². The standard InChI is InChI=1S/C11H20BN3O/c1-8(14-9(2)16)7-15(13)11-5-3-10(12)4-6-11/h7,10-11H,3-6,13H2,1-2H3,(H,14,16)/b8-7+. The van der Waals surface area contributed by atoms with E-state index < -0.39 is 0 Å². The summed E-state index contributed by atoms with van der Waals surface area (Å²) in [5.41, 5.74) is 0.768. The van der Waals surface area contributed by atoms with Crippen molar-refractivity contribution in [2.45, 2.75) is 51.4 Å². The summed E-state index contributed by atoms with van der Waals surface area (Å²) in [5, 5.41) is 4.39. The summed E-state index contributed by atoms with van der Waals surface area (Å²) in [6.07, 6.45) is 5.85. The molecule has 0 unspecified atom stereocenters. The molecular weight excluding hydrogens is 201 g/mol. The summed E-state index contributed by atoms with van der Waals surface area (Å²) in [4.78, 5) is 10.8. The van der Waals surface area contributed by atoms with Gasteiger partial charge in [-0.25, -0.2) is 5.84 Å². The zero-order valence-electron chi connectivity index (χ0n) is 10.1. The quantitative estimate of drug-likeness (QED) is 0.425. The molecular formula is C11H20BN3O. The molecule has 3 N–H and O–H groups in total. The molecule has 4 nitrogen and oxygen atoms in total. The molecule has 1 saturated carbocycles. The van der Waals surface area contributed by atoms with Gasteiger partial charge in [-0.05, 0) is 19.8 Å². The minimum absolute atomic E-state index is 0.0761. The smallest absolute Gasteiger partial charge is 0.221 e. The van der Waals surface area contributed by atoms with E-state index in [-0.39, 0.29) is 5.91 Å². The molecule has 0 spiro atoms. The number of nitrogens with two attached hydrogens (primary N) is 1. The number of allylic oxidation sites excluding steroid dienone is 1. The summed E-state index contributed by atoms with van der Waals surface area (Å²) in [6, 6.07) is 0.337. The van der Waals surface area contributed by atoms with Crippen LogP contribution in [0.25, 0.3) is 0 Å². The summed E-state index contributed by atoms with van der Waals surface area (Å²) < 4.78 is 0. The van der Waals surface area contributed by atoms with Crippen molar-refractivity contribution in [1.82, 2.24) is 10.3 Å². The van der Waals surface area contributed by atoms with Gasteiger partial charge in [-0.3, -0.25) is 4.79 Å². The Kier molecular flexibility index (Phi) is 4.86. The number of rotatable bonds is 3. The summed E-state index contributed by atoms with van der Waals surface area (Å²) in [6.45, 7) is 3.31. The van der Waals surface area contributed by atoms with E-state index in [1.165, 1.54) is 6.92 Å². The lowest BCUT2D eigenvalue weighted by Crippen LogP contribution is -2.39. The first kappa shape index (κ1) is 13.1. The summed E-state index contributed by atoms with van der Waals surface area (Å²) >= 11 is 0. The molecule has 0 aromatic carbocycles. The molecule has 1 fully saturated rings. The second-order valence-electron chi connectivity index (χ2n) is 4.51. The van der Waals surface area contributed by atoms with Crippen LogP contribution in [-0.4, -0.2) is 24.8 Å². The third kappa shape index (κ3) is 4.27. The number of nitrogens with zero attached hydrogens (tertiary/aromatic N) is 1.